The third kappa shape index (κ3) is 3.74. The Kier molecular flexibility index (Phi) is 5.43. The second kappa shape index (κ2) is 8.32. The Labute approximate surface area is 174 Å². The third-order valence-corrected chi connectivity index (χ3v) is 5.24. The van der Waals surface area contributed by atoms with Crippen molar-refractivity contribution in [3.63, 3.8) is 0 Å². The first-order chi connectivity index (χ1) is 14.6. The number of pyridine rings is 1. The normalized spacial score (nSPS) is 18.2. The Balaban J connectivity index is 1.71. The molecular weight excluding hydrogens is 380 g/mol. The first-order valence-corrected chi connectivity index (χ1v) is 9.77. The van der Waals surface area contributed by atoms with Gasteiger partial charge in [-0.1, -0.05) is 35.9 Å². The fraction of sp³-hybridized carbons (Fsp3) is 0.217. The number of aliphatic hydroxyl groups excluding tert-OH is 1. The maximum absolute atomic E-state index is 12.9. The molecule has 1 aliphatic heterocycles. The molecule has 2 aromatic heterocycles. The van der Waals surface area contributed by atoms with Crippen molar-refractivity contribution in [2.75, 3.05) is 6.54 Å². The summed E-state index contributed by atoms with van der Waals surface area (Å²) in [6.07, 6.45) is 9.17. The fourth-order valence-electron chi connectivity index (χ4n) is 3.70. The zero-order valence-corrected chi connectivity index (χ0v) is 16.6. The van der Waals surface area contributed by atoms with Crippen LogP contribution in [0, 0.1) is 6.92 Å². The molecule has 7 nitrogen and oxygen atoms in total. The number of hydrogen-bond donors (Lipinski definition) is 1. The van der Waals surface area contributed by atoms with Gasteiger partial charge in [-0.25, -0.2) is 4.98 Å². The summed E-state index contributed by atoms with van der Waals surface area (Å²) in [7, 11) is 0. The van der Waals surface area contributed by atoms with Crippen LogP contribution < -0.4 is 0 Å². The minimum atomic E-state index is -0.678. The van der Waals surface area contributed by atoms with E-state index in [0.29, 0.717) is 30.6 Å². The van der Waals surface area contributed by atoms with Gasteiger partial charge in [-0.2, -0.15) is 0 Å². The van der Waals surface area contributed by atoms with Crippen molar-refractivity contribution in [3.8, 4) is 0 Å². The maximum Gasteiger partial charge on any atom is 0.295 e. The number of benzene rings is 1. The van der Waals surface area contributed by atoms with Crippen LogP contribution in [-0.4, -0.2) is 42.8 Å². The first kappa shape index (κ1) is 19.6. The fourth-order valence-corrected chi connectivity index (χ4v) is 3.70. The van der Waals surface area contributed by atoms with Crippen LogP contribution in [0.25, 0.3) is 5.76 Å². The highest BCUT2D eigenvalue weighted by Gasteiger charge is 2.45. The average molecular weight is 402 g/mol. The molecule has 0 aliphatic carbocycles. The van der Waals surface area contributed by atoms with Crippen LogP contribution in [0.3, 0.4) is 0 Å². The van der Waals surface area contributed by atoms with E-state index in [9.17, 15) is 14.7 Å². The van der Waals surface area contributed by atoms with E-state index in [1.165, 1.54) is 4.90 Å². The average Bonchev–Trinajstić information content (AvgIpc) is 3.37. The van der Waals surface area contributed by atoms with Gasteiger partial charge in [-0.15, -0.1) is 0 Å². The molecule has 1 amide bonds. The van der Waals surface area contributed by atoms with Gasteiger partial charge in [0.05, 0.1) is 17.9 Å². The first-order valence-electron chi connectivity index (χ1n) is 9.77. The van der Waals surface area contributed by atoms with Crippen molar-refractivity contribution in [2.45, 2.75) is 25.9 Å². The molecule has 0 bridgehead atoms. The summed E-state index contributed by atoms with van der Waals surface area (Å²) >= 11 is 0. The lowest BCUT2D eigenvalue weighted by molar-refractivity contribution is -0.139. The Morgan fingerprint density at radius 3 is 2.53 bits per heavy atom. The van der Waals surface area contributed by atoms with Gasteiger partial charge in [-0.05, 0) is 25.0 Å². The van der Waals surface area contributed by atoms with Gasteiger partial charge in [0.1, 0.15) is 5.76 Å². The number of imidazole rings is 1. The molecule has 4 rings (SSSR count). The number of ketones is 1. The molecule has 30 heavy (non-hydrogen) atoms. The minimum Gasteiger partial charge on any atom is -0.507 e. The third-order valence-electron chi connectivity index (χ3n) is 5.24. The van der Waals surface area contributed by atoms with Gasteiger partial charge in [-0.3, -0.25) is 14.6 Å². The lowest BCUT2D eigenvalue weighted by Gasteiger charge is -2.25. The second-order valence-corrected chi connectivity index (χ2v) is 7.30. The summed E-state index contributed by atoms with van der Waals surface area (Å²) < 4.78 is 1.92. The molecule has 152 valence electrons. The van der Waals surface area contributed by atoms with Gasteiger partial charge in [0.25, 0.3) is 11.7 Å². The van der Waals surface area contributed by atoms with Crippen molar-refractivity contribution >= 4 is 17.4 Å². The van der Waals surface area contributed by atoms with Crippen LogP contribution in [0.1, 0.15) is 29.2 Å². The van der Waals surface area contributed by atoms with E-state index in [1.54, 1.807) is 43.1 Å². The number of aryl methyl sites for hydroxylation is 2. The molecule has 1 N–H and O–H groups in total. The predicted octanol–water partition coefficient (Wildman–Crippen LogP) is 3.10. The van der Waals surface area contributed by atoms with Gasteiger partial charge < -0.3 is 14.6 Å². The lowest BCUT2D eigenvalue weighted by Crippen LogP contribution is -2.31. The van der Waals surface area contributed by atoms with E-state index in [1.807, 2.05) is 35.9 Å². The van der Waals surface area contributed by atoms with Crippen LogP contribution >= 0.6 is 0 Å². The van der Waals surface area contributed by atoms with E-state index in [2.05, 4.69) is 9.97 Å². The van der Waals surface area contributed by atoms with Crippen molar-refractivity contribution < 1.29 is 14.7 Å². The van der Waals surface area contributed by atoms with E-state index in [4.69, 9.17) is 0 Å². The van der Waals surface area contributed by atoms with Crippen LogP contribution in [0.2, 0.25) is 0 Å². The van der Waals surface area contributed by atoms with Crippen LogP contribution in [-0.2, 0) is 16.1 Å². The number of aromatic nitrogens is 3. The number of rotatable bonds is 6. The van der Waals surface area contributed by atoms with Gasteiger partial charge >= 0.3 is 0 Å². The Morgan fingerprint density at radius 2 is 1.87 bits per heavy atom. The molecule has 1 atom stereocenters. The number of carbonyl (C=O) groups is 2. The van der Waals surface area contributed by atoms with E-state index < -0.39 is 17.7 Å². The molecule has 7 heteroatoms. The van der Waals surface area contributed by atoms with E-state index in [-0.39, 0.29) is 11.3 Å². The van der Waals surface area contributed by atoms with Gasteiger partial charge in [0, 0.05) is 43.4 Å². The zero-order chi connectivity index (χ0) is 21.1. The summed E-state index contributed by atoms with van der Waals surface area (Å²) in [5, 5.41) is 11.0. The molecule has 3 aromatic rings. The Bertz CT molecular complexity index is 1070. The molecule has 1 saturated heterocycles. The smallest absolute Gasteiger partial charge is 0.295 e. The highest BCUT2D eigenvalue weighted by molar-refractivity contribution is 6.46. The molecule has 3 heterocycles. The van der Waals surface area contributed by atoms with E-state index >= 15 is 0 Å². The van der Waals surface area contributed by atoms with Crippen LogP contribution in [0.15, 0.2) is 73.1 Å². The summed E-state index contributed by atoms with van der Waals surface area (Å²) in [4.78, 5) is 35.5. The standard InChI is InChI=1S/C23H22N4O3/c1-16-5-7-17(8-6-16)21(28)19-20(18-4-2-9-24-14-18)27(23(30)22(19)29)12-3-11-26-13-10-25-15-26/h2,4-10,13-15,20,28H,3,11-12H2,1H3/b21-19-. The quantitative estimate of drug-likeness (QED) is 0.389. The summed E-state index contributed by atoms with van der Waals surface area (Å²) in [6.45, 7) is 2.98. The lowest BCUT2D eigenvalue weighted by atomic mass is 9.96. The highest BCUT2D eigenvalue weighted by atomic mass is 16.3. The molecule has 1 aromatic carbocycles. The summed E-state index contributed by atoms with van der Waals surface area (Å²) in [5.41, 5.74) is 2.33. The Hall–Kier alpha value is -3.74. The summed E-state index contributed by atoms with van der Waals surface area (Å²) in [6, 6.07) is 10.1. The molecule has 0 saturated carbocycles. The van der Waals surface area contributed by atoms with Crippen molar-refractivity contribution in [1.29, 1.82) is 0 Å². The predicted molar refractivity (Wildman–Crippen MR) is 111 cm³/mol. The molecule has 0 spiro atoms. The molecule has 0 radical (unpaired) electrons. The number of hydrogen-bond acceptors (Lipinski definition) is 5. The van der Waals surface area contributed by atoms with Crippen LogP contribution in [0.5, 0.6) is 0 Å². The number of Topliss-reactive ketones (excluding diaryl/α,β-unsaturated/α-hetero) is 1. The van der Waals surface area contributed by atoms with E-state index in [0.717, 1.165) is 5.56 Å². The van der Waals surface area contributed by atoms with Gasteiger partial charge in [0.2, 0.25) is 0 Å². The van der Waals surface area contributed by atoms with Crippen LogP contribution in [0.4, 0.5) is 0 Å². The highest BCUT2D eigenvalue weighted by Crippen LogP contribution is 2.39. The van der Waals surface area contributed by atoms with Crippen molar-refractivity contribution in [2.24, 2.45) is 0 Å². The summed E-state index contributed by atoms with van der Waals surface area (Å²) in [5.74, 6) is -1.45. The zero-order valence-electron chi connectivity index (χ0n) is 16.6. The minimum absolute atomic E-state index is 0.0967. The number of aliphatic hydroxyl groups is 1. The number of nitrogens with zero attached hydrogens (tertiary/aromatic N) is 4. The second-order valence-electron chi connectivity index (χ2n) is 7.30. The Morgan fingerprint density at radius 1 is 1.07 bits per heavy atom. The molecule has 1 aliphatic rings. The monoisotopic (exact) mass is 402 g/mol. The number of likely N-dealkylation sites (tertiary alicyclic amines) is 1. The number of carbonyl (C=O) groups excluding carboxylic acids is 2. The molecule has 1 unspecified atom stereocenters. The molecule has 1 fully saturated rings. The maximum atomic E-state index is 12.9. The van der Waals surface area contributed by atoms with Gasteiger partial charge in [0.15, 0.2) is 0 Å². The van der Waals surface area contributed by atoms with Crippen molar-refractivity contribution in [3.05, 3.63) is 89.8 Å². The SMILES string of the molecule is Cc1ccc(/C(O)=C2/C(=O)C(=O)N(CCCn3ccnc3)C2c2cccnc2)cc1. The van der Waals surface area contributed by atoms with Crippen molar-refractivity contribution in [1.82, 2.24) is 19.4 Å². The topological polar surface area (TPSA) is 88.3 Å². The largest absolute Gasteiger partial charge is 0.507 e. The number of amides is 1. The molecular formula is C23H22N4O3.